The number of fused-ring (bicyclic) bond motifs is 1. The fourth-order valence-electron chi connectivity index (χ4n) is 4.15. The molecule has 1 fully saturated rings. The number of nitrogens with zero attached hydrogens (tertiary/aromatic N) is 5. The maximum atomic E-state index is 13.6. The van der Waals surface area contributed by atoms with Crippen LogP contribution in [0.2, 0.25) is 0 Å². The number of aliphatic imine (C=N–C) groups is 1. The van der Waals surface area contributed by atoms with Crippen LogP contribution in [-0.4, -0.2) is 72.4 Å². The average Bonchev–Trinajstić information content (AvgIpc) is 3.41. The van der Waals surface area contributed by atoms with E-state index < -0.39 is 5.92 Å². The third-order valence-electron chi connectivity index (χ3n) is 6.01. The Morgan fingerprint density at radius 2 is 2.14 bits per heavy atom. The van der Waals surface area contributed by atoms with E-state index in [1.807, 2.05) is 56.3 Å². The summed E-state index contributed by atoms with van der Waals surface area (Å²) in [7, 11) is 3.78. The molecular weight excluding hydrogens is 464 g/mol. The average molecular weight is 494 g/mol. The van der Waals surface area contributed by atoms with Gasteiger partial charge in [0.15, 0.2) is 5.69 Å². The van der Waals surface area contributed by atoms with Crippen molar-refractivity contribution in [3.05, 3.63) is 65.6 Å². The molecule has 36 heavy (non-hydrogen) atoms. The lowest BCUT2D eigenvalue weighted by molar-refractivity contribution is 0.0131. The number of likely N-dealkylation sites (tertiary alicyclic amines) is 1. The van der Waals surface area contributed by atoms with Gasteiger partial charge in [-0.1, -0.05) is 12.1 Å². The van der Waals surface area contributed by atoms with Gasteiger partial charge in [0.05, 0.1) is 23.9 Å². The molecule has 2 N–H and O–H groups in total. The Morgan fingerprint density at radius 1 is 1.33 bits per heavy atom. The molecule has 10 heteroatoms. The summed E-state index contributed by atoms with van der Waals surface area (Å²) >= 11 is 0. The Labute approximate surface area is 208 Å². The molecule has 0 spiro atoms. The van der Waals surface area contributed by atoms with Crippen molar-refractivity contribution < 1.29 is 13.6 Å². The van der Waals surface area contributed by atoms with E-state index in [-0.39, 0.29) is 24.6 Å². The lowest BCUT2D eigenvalue weighted by atomic mass is 10.0. The molecule has 3 heterocycles. The molecular formula is C26H29F2N7O. The molecule has 8 nitrogen and oxygen atoms in total. The van der Waals surface area contributed by atoms with Crippen molar-refractivity contribution >= 4 is 40.6 Å². The molecule has 2 aromatic heterocycles. The Morgan fingerprint density at radius 3 is 2.78 bits per heavy atom. The van der Waals surface area contributed by atoms with Crippen molar-refractivity contribution in [2.24, 2.45) is 4.99 Å². The van der Waals surface area contributed by atoms with Gasteiger partial charge in [-0.05, 0) is 54.6 Å². The molecule has 0 bridgehead atoms. The highest BCUT2D eigenvalue weighted by Gasteiger charge is 2.38. The van der Waals surface area contributed by atoms with Gasteiger partial charge in [-0.25, -0.2) is 13.8 Å². The molecule has 1 aliphatic rings. The number of allylic oxidation sites excluding steroid dienone is 1. The smallest absolute Gasteiger partial charge is 0.276 e. The lowest BCUT2D eigenvalue weighted by Crippen LogP contribution is -2.26. The van der Waals surface area contributed by atoms with Crippen molar-refractivity contribution in [2.75, 3.05) is 43.9 Å². The lowest BCUT2D eigenvalue weighted by Gasteiger charge is -2.16. The quantitative estimate of drug-likeness (QED) is 0.354. The van der Waals surface area contributed by atoms with Gasteiger partial charge in [0.2, 0.25) is 0 Å². The Kier molecular flexibility index (Phi) is 7.25. The van der Waals surface area contributed by atoms with Crippen LogP contribution in [-0.2, 0) is 0 Å². The van der Waals surface area contributed by atoms with E-state index in [9.17, 15) is 13.6 Å². The summed E-state index contributed by atoms with van der Waals surface area (Å²) in [4.78, 5) is 24.7. The van der Waals surface area contributed by atoms with Crippen LogP contribution in [0.15, 0.2) is 59.4 Å². The number of carbonyl (C=O) groups is 1. The number of aromatic nitrogens is 3. The molecule has 1 aromatic carbocycles. The number of hydrogen-bond donors (Lipinski definition) is 2. The van der Waals surface area contributed by atoms with Gasteiger partial charge in [-0.15, -0.1) is 0 Å². The number of nitrogens with one attached hydrogen (secondary N) is 2. The molecule has 1 amide bonds. The number of pyridine rings is 1. The van der Waals surface area contributed by atoms with Crippen LogP contribution < -0.4 is 10.2 Å². The molecule has 1 saturated heterocycles. The van der Waals surface area contributed by atoms with Crippen molar-refractivity contribution in [3.8, 4) is 0 Å². The number of H-pyrrole nitrogens is 1. The van der Waals surface area contributed by atoms with Crippen LogP contribution in [0, 0.1) is 0 Å². The summed E-state index contributed by atoms with van der Waals surface area (Å²) in [6.45, 7) is 5.86. The first-order chi connectivity index (χ1) is 17.1. The van der Waals surface area contributed by atoms with E-state index in [0.717, 1.165) is 28.0 Å². The number of rotatable bonds is 8. The topological polar surface area (TPSA) is 89.5 Å². The minimum atomic E-state index is -2.65. The first-order valence-corrected chi connectivity index (χ1v) is 11.5. The molecule has 0 atom stereocenters. The second kappa shape index (κ2) is 10.4. The molecule has 188 valence electrons. The van der Waals surface area contributed by atoms with Gasteiger partial charge >= 0.3 is 0 Å². The van der Waals surface area contributed by atoms with Gasteiger partial charge < -0.3 is 10.2 Å². The first kappa shape index (κ1) is 25.2. The summed E-state index contributed by atoms with van der Waals surface area (Å²) in [5, 5.41) is 10.6. The zero-order chi connectivity index (χ0) is 25.9. The normalized spacial score (nSPS) is 16.4. The summed E-state index contributed by atoms with van der Waals surface area (Å²) in [5.41, 5.74) is 4.09. The maximum absolute atomic E-state index is 13.6. The highest BCUT2D eigenvalue weighted by atomic mass is 19.3. The maximum Gasteiger partial charge on any atom is 0.276 e. The number of halogens is 2. The summed E-state index contributed by atoms with van der Waals surface area (Å²) in [6.07, 6.45) is 4.95. The number of aromatic amines is 1. The third kappa shape index (κ3) is 5.83. The van der Waals surface area contributed by atoms with Gasteiger partial charge in [0, 0.05) is 45.2 Å². The number of hydrogen-bond acceptors (Lipinski definition) is 6. The number of amides is 1. The fraction of sp³-hybridized carbons (Fsp3) is 0.308. The predicted octanol–water partition coefficient (Wildman–Crippen LogP) is 4.61. The molecule has 0 unspecified atom stereocenters. The van der Waals surface area contributed by atoms with Crippen molar-refractivity contribution in [3.63, 3.8) is 0 Å². The van der Waals surface area contributed by atoms with Crippen LogP contribution in [0.1, 0.15) is 29.4 Å². The molecule has 0 radical (unpaired) electrons. The van der Waals surface area contributed by atoms with E-state index in [0.29, 0.717) is 24.2 Å². The molecule has 1 aliphatic heterocycles. The number of alkyl halides is 2. The van der Waals surface area contributed by atoms with Gasteiger partial charge in [-0.3, -0.25) is 19.8 Å². The van der Waals surface area contributed by atoms with Crippen molar-refractivity contribution in [1.82, 2.24) is 20.1 Å². The fourth-order valence-corrected chi connectivity index (χ4v) is 4.15. The first-order valence-electron chi connectivity index (χ1n) is 11.5. The number of carbonyl (C=O) groups excluding carboxylic acids is 1. The summed E-state index contributed by atoms with van der Waals surface area (Å²) < 4.78 is 27.2. The third-order valence-corrected chi connectivity index (χ3v) is 6.01. The largest absolute Gasteiger partial charge is 0.363 e. The Balaban J connectivity index is 1.54. The van der Waals surface area contributed by atoms with Gasteiger partial charge in [0.1, 0.15) is 5.82 Å². The zero-order valence-electron chi connectivity index (χ0n) is 20.6. The van der Waals surface area contributed by atoms with E-state index >= 15 is 0 Å². The molecule has 0 aliphatic carbocycles. The second-order valence-corrected chi connectivity index (χ2v) is 9.12. The van der Waals surface area contributed by atoms with Crippen LogP contribution in [0.3, 0.4) is 0 Å². The van der Waals surface area contributed by atoms with Gasteiger partial charge in [-0.2, -0.15) is 5.10 Å². The highest BCUT2D eigenvalue weighted by molar-refractivity contribution is 6.11. The molecule has 0 saturated carbocycles. The summed E-state index contributed by atoms with van der Waals surface area (Å²) in [6, 6.07) is 9.26. The van der Waals surface area contributed by atoms with E-state index in [1.165, 1.54) is 0 Å². The predicted molar refractivity (Wildman–Crippen MR) is 140 cm³/mol. The van der Waals surface area contributed by atoms with Gasteiger partial charge in [0.25, 0.3) is 11.8 Å². The number of benzene rings is 1. The van der Waals surface area contributed by atoms with E-state index in [2.05, 4.69) is 32.2 Å². The highest BCUT2D eigenvalue weighted by Crippen LogP contribution is 2.28. The SMILES string of the molecule is C=N/C=C(\C=C(/C)c1ccc2[nH]nc(C(=O)Nc3ccc(N(C)C)nc3)c2c1)CN1CCC(F)(F)C1. The zero-order valence-corrected chi connectivity index (χ0v) is 20.6. The molecule has 3 aromatic rings. The molecule has 4 rings (SSSR count). The van der Waals surface area contributed by atoms with Crippen molar-refractivity contribution in [2.45, 2.75) is 19.3 Å². The van der Waals surface area contributed by atoms with E-state index in [4.69, 9.17) is 0 Å². The van der Waals surface area contributed by atoms with Crippen LogP contribution in [0.5, 0.6) is 0 Å². The van der Waals surface area contributed by atoms with Crippen LogP contribution >= 0.6 is 0 Å². The summed E-state index contributed by atoms with van der Waals surface area (Å²) in [5.74, 6) is -2.23. The van der Waals surface area contributed by atoms with Crippen LogP contribution in [0.4, 0.5) is 20.3 Å². The Hall–Kier alpha value is -3.92. The minimum Gasteiger partial charge on any atom is -0.363 e. The number of anilines is 2. The second-order valence-electron chi connectivity index (χ2n) is 9.12. The Bertz CT molecular complexity index is 1330. The van der Waals surface area contributed by atoms with E-state index in [1.54, 1.807) is 23.4 Å². The monoisotopic (exact) mass is 493 g/mol. The van der Waals surface area contributed by atoms with Crippen molar-refractivity contribution in [1.29, 1.82) is 0 Å². The minimum absolute atomic E-state index is 0.137. The van der Waals surface area contributed by atoms with Crippen LogP contribution in [0.25, 0.3) is 16.5 Å². The standard InChI is InChI=1S/C26H29F2N7O/c1-17(11-18(13-29-2)15-35-10-9-26(27,28)16-35)19-5-7-22-21(12-19)24(33-32-22)25(36)31-20-6-8-23(30-14-20)34(3)4/h5-8,11-14H,2,9-10,15-16H2,1,3-4H3,(H,31,36)(H,32,33)/b17-11+,18-13+.